The van der Waals surface area contributed by atoms with Gasteiger partial charge in [0, 0.05) is 49.9 Å². The van der Waals surface area contributed by atoms with Crippen molar-refractivity contribution in [2.24, 2.45) is 10.4 Å². The molecule has 0 aliphatic carbocycles. The second-order valence-electron chi connectivity index (χ2n) is 11.5. The molecular weight excluding hydrogens is 577 g/mol. The average molecular weight is 614 g/mol. The number of aliphatic carboxylic acids is 1. The number of rotatable bonds is 9. The van der Waals surface area contributed by atoms with Gasteiger partial charge in [0.05, 0.1) is 36.3 Å². The molecule has 4 heterocycles. The van der Waals surface area contributed by atoms with Crippen molar-refractivity contribution in [3.8, 4) is 0 Å². The minimum atomic E-state index is -1.19. The number of esters is 1. The van der Waals surface area contributed by atoms with E-state index in [1.807, 2.05) is 5.38 Å². The van der Waals surface area contributed by atoms with Gasteiger partial charge in [0.15, 0.2) is 10.8 Å². The second kappa shape index (κ2) is 12.5. The SMILES string of the molecule is CCOC(=O)C1=C(CN2CCO[C@H]3CN(C(=O)CC(C)(C)C(=O)O)C[C@H]32)NC(c2nccs2)=N[C@H]1c1cccc(F)c1C. The van der Waals surface area contributed by atoms with E-state index in [2.05, 4.69) is 15.2 Å². The first-order valence-electron chi connectivity index (χ1n) is 14.3. The van der Waals surface area contributed by atoms with Gasteiger partial charge in [0.1, 0.15) is 11.9 Å². The maximum Gasteiger partial charge on any atom is 0.338 e. The van der Waals surface area contributed by atoms with E-state index in [-0.39, 0.29) is 43.2 Å². The van der Waals surface area contributed by atoms with Crippen molar-refractivity contribution >= 4 is 35.0 Å². The number of ether oxygens (including phenoxy) is 2. The fraction of sp³-hybridized carbons (Fsp3) is 0.500. The zero-order chi connectivity index (χ0) is 30.9. The van der Waals surface area contributed by atoms with Crippen molar-refractivity contribution in [3.63, 3.8) is 0 Å². The topological polar surface area (TPSA) is 134 Å². The molecule has 3 atom stereocenters. The largest absolute Gasteiger partial charge is 0.481 e. The maximum absolute atomic E-state index is 14.8. The van der Waals surface area contributed by atoms with Gasteiger partial charge >= 0.3 is 11.9 Å². The third-order valence-electron chi connectivity index (χ3n) is 8.16. The smallest absolute Gasteiger partial charge is 0.338 e. The molecule has 1 aromatic carbocycles. The van der Waals surface area contributed by atoms with E-state index in [0.29, 0.717) is 53.9 Å². The second-order valence-corrected chi connectivity index (χ2v) is 12.4. The van der Waals surface area contributed by atoms with Gasteiger partial charge in [-0.15, -0.1) is 11.3 Å². The lowest BCUT2D eigenvalue weighted by atomic mass is 9.89. The predicted octanol–water partition coefficient (Wildman–Crippen LogP) is 2.91. The summed E-state index contributed by atoms with van der Waals surface area (Å²) in [5, 5.41) is 15.3. The van der Waals surface area contributed by atoms with Crippen LogP contribution in [0.1, 0.15) is 49.4 Å². The van der Waals surface area contributed by atoms with Crippen LogP contribution < -0.4 is 5.32 Å². The molecule has 3 aliphatic rings. The Bertz CT molecular complexity index is 1460. The molecule has 1 amide bonds. The number of fused-ring (bicyclic) bond motifs is 1. The predicted molar refractivity (Wildman–Crippen MR) is 157 cm³/mol. The number of carbonyl (C=O) groups is 3. The van der Waals surface area contributed by atoms with Gasteiger partial charge in [-0.05, 0) is 44.9 Å². The number of carboxylic acids is 1. The Morgan fingerprint density at radius 3 is 2.77 bits per heavy atom. The van der Waals surface area contributed by atoms with E-state index >= 15 is 0 Å². The number of thiazole rings is 1. The minimum absolute atomic E-state index is 0.121. The van der Waals surface area contributed by atoms with E-state index in [0.717, 1.165) is 0 Å². The lowest BCUT2D eigenvalue weighted by Crippen LogP contribution is -2.53. The van der Waals surface area contributed by atoms with Crippen LogP contribution in [-0.2, 0) is 23.9 Å². The van der Waals surface area contributed by atoms with E-state index in [9.17, 15) is 23.9 Å². The molecular formula is C30H36FN5O6S. The van der Waals surface area contributed by atoms with Gasteiger partial charge in [-0.25, -0.2) is 14.2 Å². The highest BCUT2D eigenvalue weighted by atomic mass is 32.1. The summed E-state index contributed by atoms with van der Waals surface area (Å²) < 4.78 is 26.3. The molecule has 2 N–H and O–H groups in total. The van der Waals surface area contributed by atoms with Crippen molar-refractivity contribution in [3.05, 3.63) is 63.0 Å². The van der Waals surface area contributed by atoms with Crippen molar-refractivity contribution in [1.29, 1.82) is 0 Å². The number of nitrogens with one attached hydrogen (secondary N) is 1. The quantitative estimate of drug-likeness (QED) is 0.410. The average Bonchev–Trinajstić information content (AvgIpc) is 3.65. The number of hydrogen-bond acceptors (Lipinski definition) is 10. The Balaban J connectivity index is 1.49. The Morgan fingerprint density at radius 2 is 2.07 bits per heavy atom. The molecule has 0 radical (unpaired) electrons. The first-order chi connectivity index (χ1) is 20.5. The van der Waals surface area contributed by atoms with Gasteiger partial charge in [0.25, 0.3) is 0 Å². The number of likely N-dealkylation sites (tertiary alicyclic amines) is 1. The number of aliphatic imine (C=N–C) groups is 1. The van der Waals surface area contributed by atoms with Crippen molar-refractivity contribution < 1.29 is 33.4 Å². The normalized spacial score (nSPS) is 22.6. The lowest BCUT2D eigenvalue weighted by Gasteiger charge is -2.38. The standard InChI is InChI=1S/C30H36FN5O6S/c1-5-41-28(38)24-20(33-26(27-32-9-12-43-27)34-25(24)18-7-6-8-19(31)17(18)2)14-35-10-11-42-22-16-36(15-21(22)35)23(37)13-30(3,4)29(39)40/h6-9,12,21-22,25H,5,10-11,13-16H2,1-4H3,(H,33,34)(H,39,40)/t21-,22+,25+/m1/s1. The number of halogens is 1. The van der Waals surface area contributed by atoms with Gasteiger partial charge in [-0.2, -0.15) is 0 Å². The minimum Gasteiger partial charge on any atom is -0.481 e. The molecule has 0 bridgehead atoms. The number of aromatic nitrogens is 1. The summed E-state index contributed by atoms with van der Waals surface area (Å²) in [6, 6.07) is 3.72. The zero-order valence-electron chi connectivity index (χ0n) is 24.6. The van der Waals surface area contributed by atoms with Crippen molar-refractivity contribution in [2.45, 2.75) is 52.3 Å². The fourth-order valence-electron chi connectivity index (χ4n) is 5.69. The molecule has 11 nitrogen and oxygen atoms in total. The molecule has 3 aliphatic heterocycles. The first-order valence-corrected chi connectivity index (χ1v) is 15.1. The molecule has 0 unspecified atom stereocenters. The summed E-state index contributed by atoms with van der Waals surface area (Å²) in [4.78, 5) is 51.4. The molecule has 13 heteroatoms. The molecule has 0 spiro atoms. The van der Waals surface area contributed by atoms with E-state index in [1.165, 1.54) is 31.3 Å². The first kappa shape index (κ1) is 30.8. The van der Waals surface area contributed by atoms with Crippen molar-refractivity contribution in [1.82, 2.24) is 20.1 Å². The van der Waals surface area contributed by atoms with E-state index in [4.69, 9.17) is 14.5 Å². The lowest BCUT2D eigenvalue weighted by molar-refractivity contribution is -0.151. The Labute approximate surface area is 253 Å². The van der Waals surface area contributed by atoms with Crippen LogP contribution in [0.15, 0.2) is 46.0 Å². The number of hydrogen-bond donors (Lipinski definition) is 2. The summed E-state index contributed by atoms with van der Waals surface area (Å²) in [5.41, 5.74) is 0.595. The molecule has 2 saturated heterocycles. The van der Waals surface area contributed by atoms with E-state index < -0.39 is 29.2 Å². The number of nitrogens with zero attached hydrogens (tertiary/aromatic N) is 4. The zero-order valence-corrected chi connectivity index (χ0v) is 25.4. The Kier molecular flexibility index (Phi) is 8.95. The highest BCUT2D eigenvalue weighted by Gasteiger charge is 2.44. The molecule has 2 fully saturated rings. The summed E-state index contributed by atoms with van der Waals surface area (Å²) in [6.45, 7) is 8.58. The molecule has 1 aromatic heterocycles. The van der Waals surface area contributed by atoms with Crippen LogP contribution in [-0.4, -0.2) is 95.1 Å². The monoisotopic (exact) mass is 613 g/mol. The van der Waals surface area contributed by atoms with Crippen LogP contribution in [0.3, 0.4) is 0 Å². The van der Waals surface area contributed by atoms with Gasteiger partial charge in [0.2, 0.25) is 5.91 Å². The van der Waals surface area contributed by atoms with Gasteiger partial charge in [-0.3, -0.25) is 19.5 Å². The Hall–Kier alpha value is -3.68. The summed E-state index contributed by atoms with van der Waals surface area (Å²) in [7, 11) is 0. The number of amidine groups is 1. The van der Waals surface area contributed by atoms with Crippen molar-refractivity contribution in [2.75, 3.05) is 39.4 Å². The third-order valence-corrected chi connectivity index (χ3v) is 8.94. The number of carboxylic acid groups (broad SMARTS) is 1. The third kappa shape index (κ3) is 6.34. The molecule has 2 aromatic rings. The molecule has 230 valence electrons. The maximum atomic E-state index is 14.8. The van der Waals surface area contributed by atoms with Crippen LogP contribution >= 0.6 is 11.3 Å². The van der Waals surface area contributed by atoms with Crippen LogP contribution in [0.2, 0.25) is 0 Å². The fourth-order valence-corrected chi connectivity index (χ4v) is 6.28. The van der Waals surface area contributed by atoms with Crippen LogP contribution in [0.5, 0.6) is 0 Å². The summed E-state index contributed by atoms with van der Waals surface area (Å²) in [5.74, 6) is -1.75. The van der Waals surface area contributed by atoms with Crippen LogP contribution in [0.4, 0.5) is 4.39 Å². The molecule has 0 saturated carbocycles. The number of benzene rings is 1. The molecule has 5 rings (SSSR count). The highest BCUT2D eigenvalue weighted by molar-refractivity contribution is 7.11. The van der Waals surface area contributed by atoms with Gasteiger partial charge in [-0.1, -0.05) is 12.1 Å². The Morgan fingerprint density at radius 1 is 1.28 bits per heavy atom. The summed E-state index contributed by atoms with van der Waals surface area (Å²) >= 11 is 1.39. The van der Waals surface area contributed by atoms with Gasteiger partial charge < -0.3 is 24.8 Å². The highest BCUT2D eigenvalue weighted by Crippen LogP contribution is 2.36. The van der Waals surface area contributed by atoms with Crippen LogP contribution in [0, 0.1) is 18.2 Å². The van der Waals surface area contributed by atoms with Crippen LogP contribution in [0.25, 0.3) is 0 Å². The summed E-state index contributed by atoms with van der Waals surface area (Å²) in [6.07, 6.45) is 1.28. The number of carbonyl (C=O) groups excluding carboxylic acids is 2. The van der Waals surface area contributed by atoms with E-state index in [1.54, 1.807) is 37.1 Å². The number of morpholine rings is 1. The number of amides is 1. The molecule has 43 heavy (non-hydrogen) atoms.